The first-order chi connectivity index (χ1) is 32.4. The monoisotopic (exact) mass is 1070 g/mol. The summed E-state index contributed by atoms with van der Waals surface area (Å²) in [5.74, 6) is 1.42. The first-order valence-corrected chi connectivity index (χ1v) is 25.0. The number of hydrogen-bond donors (Lipinski definition) is 0. The molecule has 1 amide bonds. The molecule has 3 aliphatic rings. The Labute approximate surface area is 415 Å². The van der Waals surface area contributed by atoms with Crippen LogP contribution in [0.2, 0.25) is 5.02 Å². The molecule has 18 heteroatoms. The first-order valence-electron chi connectivity index (χ1n) is 23.0. The molecule has 0 saturated carbocycles. The number of benzene rings is 3. The molecule has 67 heavy (non-hydrogen) atoms. The predicted molar refractivity (Wildman–Crippen MR) is 265 cm³/mol. The van der Waals surface area contributed by atoms with Crippen molar-refractivity contribution in [1.29, 1.82) is 5.26 Å². The number of anilines is 2. The lowest BCUT2D eigenvalue weighted by atomic mass is 10.0. The Hall–Kier alpha value is -4.28. The maximum absolute atomic E-state index is 13.3. The zero-order chi connectivity index (χ0) is 47.3. The van der Waals surface area contributed by atoms with Crippen LogP contribution < -0.4 is 19.3 Å². The van der Waals surface area contributed by atoms with Gasteiger partial charge in [0, 0.05) is 67.6 Å². The average molecular weight is 1070 g/mol. The van der Waals surface area contributed by atoms with Gasteiger partial charge < -0.3 is 43.1 Å². The molecular formula is C49H60Br2ClN7O8. The van der Waals surface area contributed by atoms with E-state index >= 15 is 0 Å². The molecule has 2 fully saturated rings. The van der Waals surface area contributed by atoms with Gasteiger partial charge in [-0.2, -0.15) is 15.2 Å². The van der Waals surface area contributed by atoms with Crippen molar-refractivity contribution < 1.29 is 38.0 Å². The third-order valence-electron chi connectivity index (χ3n) is 11.9. The van der Waals surface area contributed by atoms with E-state index in [9.17, 15) is 14.9 Å². The number of carbonyl (C=O) groups is 2. The first kappa shape index (κ1) is 50.6. The third-order valence-corrected chi connectivity index (χ3v) is 13.4. The van der Waals surface area contributed by atoms with E-state index in [1.54, 1.807) is 17.0 Å². The molecule has 3 aliphatic heterocycles. The molecule has 1 unspecified atom stereocenters. The van der Waals surface area contributed by atoms with Crippen molar-refractivity contribution >= 4 is 78.1 Å². The zero-order valence-corrected chi connectivity index (χ0v) is 42.5. The van der Waals surface area contributed by atoms with E-state index in [-0.39, 0.29) is 18.5 Å². The van der Waals surface area contributed by atoms with Crippen molar-refractivity contribution in [3.05, 3.63) is 79.3 Å². The van der Waals surface area contributed by atoms with Crippen LogP contribution in [0.25, 0.3) is 10.8 Å². The van der Waals surface area contributed by atoms with E-state index in [0.29, 0.717) is 117 Å². The van der Waals surface area contributed by atoms with Gasteiger partial charge in [0.1, 0.15) is 36.7 Å². The summed E-state index contributed by atoms with van der Waals surface area (Å²) in [7, 11) is 0. The minimum absolute atomic E-state index is 0.172. The Balaban J connectivity index is 0.908. The summed E-state index contributed by atoms with van der Waals surface area (Å²) in [4.78, 5) is 43.2. The molecule has 0 radical (unpaired) electrons. The van der Waals surface area contributed by atoms with Crippen LogP contribution in [0.15, 0.2) is 57.5 Å². The van der Waals surface area contributed by atoms with Gasteiger partial charge in [-0.3, -0.25) is 9.69 Å². The van der Waals surface area contributed by atoms with Crippen LogP contribution in [0.3, 0.4) is 0 Å². The van der Waals surface area contributed by atoms with Gasteiger partial charge in [-0.05, 0) is 115 Å². The molecule has 0 N–H and O–H groups in total. The normalized spacial score (nSPS) is 17.7. The predicted octanol–water partition coefficient (Wildman–Crippen LogP) is 8.88. The molecular weight excluding hydrogens is 1010 g/mol. The van der Waals surface area contributed by atoms with E-state index in [2.05, 4.69) is 76.9 Å². The van der Waals surface area contributed by atoms with E-state index in [4.69, 9.17) is 50.0 Å². The van der Waals surface area contributed by atoms with E-state index in [1.165, 1.54) is 0 Å². The number of fused-ring (bicyclic) bond motifs is 2. The number of carbonyl (C=O) groups excluding carboxylic acids is 2. The number of hydrogen-bond acceptors (Lipinski definition) is 14. The van der Waals surface area contributed by atoms with Gasteiger partial charge in [-0.1, -0.05) is 35.9 Å². The molecule has 3 aromatic carbocycles. The summed E-state index contributed by atoms with van der Waals surface area (Å²) in [6, 6.07) is 18.1. The molecule has 2 atom stereocenters. The molecule has 1 aromatic heterocycles. The maximum Gasteiger partial charge on any atom is 0.410 e. The summed E-state index contributed by atoms with van der Waals surface area (Å²) in [6.45, 7) is 13.8. The van der Waals surface area contributed by atoms with Crippen LogP contribution in [0.4, 0.5) is 16.3 Å². The fourth-order valence-corrected chi connectivity index (χ4v) is 10.5. The van der Waals surface area contributed by atoms with Gasteiger partial charge in [0.15, 0.2) is 0 Å². The zero-order valence-electron chi connectivity index (χ0n) is 38.5. The molecule has 360 valence electrons. The molecule has 0 aliphatic carbocycles. The Bertz CT molecular complexity index is 2340. The lowest BCUT2D eigenvalue weighted by Gasteiger charge is -2.42. The number of aldehydes is 1. The van der Waals surface area contributed by atoms with Gasteiger partial charge in [0.2, 0.25) is 0 Å². The van der Waals surface area contributed by atoms with Crippen molar-refractivity contribution in [2.24, 2.45) is 0 Å². The van der Waals surface area contributed by atoms with Crippen molar-refractivity contribution in [2.45, 2.75) is 77.1 Å². The maximum atomic E-state index is 13.3. The van der Waals surface area contributed by atoms with Crippen molar-refractivity contribution in [2.75, 3.05) is 102 Å². The number of nitrogens with zero attached hydrogens (tertiary/aromatic N) is 7. The van der Waals surface area contributed by atoms with Gasteiger partial charge in [-0.15, -0.1) is 0 Å². The van der Waals surface area contributed by atoms with E-state index in [1.807, 2.05) is 32.9 Å². The van der Waals surface area contributed by atoms with Crippen LogP contribution in [0.5, 0.6) is 11.8 Å². The van der Waals surface area contributed by atoms with Gasteiger partial charge in [0.25, 0.3) is 0 Å². The van der Waals surface area contributed by atoms with Gasteiger partial charge in [0.05, 0.1) is 77.8 Å². The fourth-order valence-electron chi connectivity index (χ4n) is 8.80. The minimum atomic E-state index is -0.649. The summed E-state index contributed by atoms with van der Waals surface area (Å²) in [6.07, 6.45) is 4.24. The molecule has 0 bridgehead atoms. The summed E-state index contributed by atoms with van der Waals surface area (Å²) in [5.41, 5.74) is 2.91. The summed E-state index contributed by atoms with van der Waals surface area (Å²) < 4.78 is 36.7. The number of aromatic nitrogens is 2. The highest BCUT2D eigenvalue weighted by atomic mass is 79.9. The second-order valence-corrected chi connectivity index (χ2v) is 19.9. The summed E-state index contributed by atoms with van der Waals surface area (Å²) >= 11 is 13.7. The number of piperazine rings is 1. The number of likely N-dealkylation sites (tertiary alicyclic amines) is 1. The van der Waals surface area contributed by atoms with E-state index < -0.39 is 11.7 Å². The van der Waals surface area contributed by atoms with Crippen LogP contribution in [-0.4, -0.2) is 142 Å². The minimum Gasteiger partial charge on any atom is -0.489 e. The fraction of sp³-hybridized carbons (Fsp3) is 0.531. The Morgan fingerprint density at radius 2 is 1.61 bits per heavy atom. The number of ether oxygens (including phenoxy) is 6. The van der Waals surface area contributed by atoms with Crippen molar-refractivity contribution in [3.63, 3.8) is 0 Å². The number of nitriles is 1. The quantitative estimate of drug-likeness (QED) is 0.0577. The highest BCUT2D eigenvalue weighted by Crippen LogP contribution is 2.38. The number of rotatable bonds is 21. The van der Waals surface area contributed by atoms with Crippen LogP contribution in [0, 0.1) is 11.3 Å². The average Bonchev–Trinajstić information content (AvgIpc) is 3.76. The second-order valence-electron chi connectivity index (χ2n) is 17.8. The largest absolute Gasteiger partial charge is 0.489 e. The molecule has 15 nitrogen and oxygen atoms in total. The van der Waals surface area contributed by atoms with Crippen LogP contribution in [0.1, 0.15) is 68.1 Å². The third kappa shape index (κ3) is 13.7. The SMILES string of the molecule is CC(C)(C)OC(=O)N1CCN(c2nc(OCC3CCCN3CCCOCCOCCOCCOc3c(Br)cc(C=O)cc3Br)nc3c2CCN(c2cccc4cccc(Cl)c24)C3)C[C@@H]1CC#N. The lowest BCUT2D eigenvalue weighted by molar-refractivity contribution is 0.00771. The second kappa shape index (κ2) is 24.3. The van der Waals surface area contributed by atoms with Crippen LogP contribution >= 0.6 is 43.5 Å². The van der Waals surface area contributed by atoms with Gasteiger partial charge >= 0.3 is 12.1 Å². The highest BCUT2D eigenvalue weighted by molar-refractivity contribution is 9.11. The lowest BCUT2D eigenvalue weighted by Crippen LogP contribution is -2.56. The van der Waals surface area contributed by atoms with E-state index in [0.717, 1.165) is 78.7 Å². The molecule has 4 aromatic rings. The van der Waals surface area contributed by atoms with Crippen LogP contribution in [-0.2, 0) is 31.9 Å². The Morgan fingerprint density at radius 3 is 2.33 bits per heavy atom. The number of halogens is 3. The Morgan fingerprint density at radius 1 is 0.896 bits per heavy atom. The topological polar surface area (TPSA) is 152 Å². The molecule has 0 spiro atoms. The highest BCUT2D eigenvalue weighted by Gasteiger charge is 2.36. The molecule has 4 heterocycles. The molecule has 7 rings (SSSR count). The smallest absolute Gasteiger partial charge is 0.410 e. The molecule has 2 saturated heterocycles. The standard InChI is InChI=1S/C49H60Br2ClN7O8/c1-49(2,3)67-48(61)59-20-19-58(30-36(59)13-15-53)46-38-14-18-57(43-12-5-9-35-8-4-11-41(52)44(35)43)31-42(38)54-47(55-46)66-33-37-10-6-16-56(37)17-7-21-62-22-23-63-24-25-64-26-27-65-45-39(50)28-34(32-60)29-40(45)51/h4-5,8-9,11-12,28-29,32,36-37H,6-7,10,13-14,16-27,30-31,33H2,1-3H3/t36-,37?/m0/s1. The van der Waals surface area contributed by atoms with Crippen molar-refractivity contribution in [3.8, 4) is 17.8 Å². The Kier molecular flexibility index (Phi) is 18.4. The number of amides is 1. The van der Waals surface area contributed by atoms with Crippen molar-refractivity contribution in [1.82, 2.24) is 19.8 Å². The summed E-state index contributed by atoms with van der Waals surface area (Å²) in [5, 5.41) is 12.6. The van der Waals surface area contributed by atoms with Gasteiger partial charge in [-0.25, -0.2) is 4.79 Å².